The van der Waals surface area contributed by atoms with Crippen LogP contribution in [0.15, 0.2) is 65.4 Å². The van der Waals surface area contributed by atoms with E-state index >= 15 is 0 Å². The van der Waals surface area contributed by atoms with E-state index in [2.05, 4.69) is 17.1 Å². The Balaban J connectivity index is 2.67. The second-order valence-corrected chi connectivity index (χ2v) is 5.47. The number of aliphatic imine (C=N–C) groups is 1. The van der Waals surface area contributed by atoms with Crippen molar-refractivity contribution in [1.29, 1.82) is 0 Å². The van der Waals surface area contributed by atoms with Gasteiger partial charge in [-0.3, -0.25) is 10.8 Å². The predicted octanol–water partition coefficient (Wildman–Crippen LogP) is 3.23. The van der Waals surface area contributed by atoms with Crippen molar-refractivity contribution in [3.63, 3.8) is 0 Å². The molecule has 0 amide bonds. The molecule has 0 aromatic heterocycles. The molecule has 0 aliphatic heterocycles. The number of rotatable bonds is 5. The van der Waals surface area contributed by atoms with E-state index in [4.69, 9.17) is 29.0 Å². The molecular formula is C16H15Cl2N3O. The minimum Gasteiger partial charge on any atom is -0.374 e. The molecule has 0 saturated heterocycles. The van der Waals surface area contributed by atoms with Gasteiger partial charge in [0.2, 0.25) is 0 Å². The number of nitrogens with two attached hydrogens (primary N) is 1. The fourth-order valence-electron chi connectivity index (χ4n) is 2.19. The summed E-state index contributed by atoms with van der Waals surface area (Å²) in [7, 11) is 0. The summed E-state index contributed by atoms with van der Waals surface area (Å²) in [4.78, 5) is 3.69. The molecule has 0 spiro atoms. The number of halogens is 2. The first-order chi connectivity index (χ1) is 10.5. The van der Waals surface area contributed by atoms with Crippen LogP contribution >= 0.6 is 23.2 Å². The van der Waals surface area contributed by atoms with Crippen molar-refractivity contribution in [3.05, 3.63) is 81.6 Å². The highest BCUT2D eigenvalue weighted by Crippen LogP contribution is 2.36. The summed E-state index contributed by atoms with van der Waals surface area (Å²) in [5, 5.41) is 12.5. The van der Waals surface area contributed by atoms with Gasteiger partial charge in [0.1, 0.15) is 0 Å². The van der Waals surface area contributed by atoms with E-state index in [1.54, 1.807) is 48.5 Å². The van der Waals surface area contributed by atoms with Gasteiger partial charge in [-0.25, -0.2) is 0 Å². The lowest BCUT2D eigenvalue weighted by atomic mass is 9.84. The topological polar surface area (TPSA) is 70.6 Å². The maximum Gasteiger partial charge on any atom is 0.157 e. The molecule has 0 atom stereocenters. The number of hydrogen-bond donors (Lipinski definition) is 3. The highest BCUT2D eigenvalue weighted by molar-refractivity contribution is 6.30. The van der Waals surface area contributed by atoms with Crippen molar-refractivity contribution in [3.8, 4) is 0 Å². The average molecular weight is 336 g/mol. The van der Waals surface area contributed by atoms with Crippen LogP contribution in [0.1, 0.15) is 11.1 Å². The third kappa shape index (κ3) is 3.15. The van der Waals surface area contributed by atoms with Crippen molar-refractivity contribution >= 4 is 29.9 Å². The Kier molecular flexibility index (Phi) is 5.21. The normalized spacial score (nSPS) is 12.1. The number of benzene rings is 2. The Morgan fingerprint density at radius 3 is 1.77 bits per heavy atom. The van der Waals surface area contributed by atoms with Gasteiger partial charge in [0.25, 0.3) is 0 Å². The van der Waals surface area contributed by atoms with Gasteiger partial charge in [0.05, 0.1) is 11.9 Å². The summed E-state index contributed by atoms with van der Waals surface area (Å²) in [6, 6.07) is 13.6. The third-order valence-corrected chi connectivity index (χ3v) is 3.79. The van der Waals surface area contributed by atoms with E-state index in [9.17, 15) is 5.11 Å². The van der Waals surface area contributed by atoms with Gasteiger partial charge in [-0.15, -0.1) is 0 Å². The van der Waals surface area contributed by atoms with Crippen LogP contribution in [0, 0.1) is 0 Å². The predicted molar refractivity (Wildman–Crippen MR) is 90.9 cm³/mol. The fourth-order valence-corrected chi connectivity index (χ4v) is 2.44. The van der Waals surface area contributed by atoms with Crippen molar-refractivity contribution in [2.75, 3.05) is 0 Å². The number of nitrogens with zero attached hydrogens (tertiary/aromatic N) is 1. The molecule has 22 heavy (non-hydrogen) atoms. The lowest BCUT2D eigenvalue weighted by Crippen LogP contribution is -2.39. The molecular weight excluding hydrogens is 321 g/mol. The van der Waals surface area contributed by atoms with E-state index in [1.807, 2.05) is 0 Å². The largest absolute Gasteiger partial charge is 0.374 e. The molecule has 0 aliphatic carbocycles. The van der Waals surface area contributed by atoms with Crippen LogP contribution in [0.2, 0.25) is 10.0 Å². The lowest BCUT2D eigenvalue weighted by molar-refractivity contribution is 0.112. The molecule has 6 heteroatoms. The Labute approximate surface area is 138 Å². The molecule has 2 aromatic rings. The van der Waals surface area contributed by atoms with Gasteiger partial charge in [-0.2, -0.15) is 0 Å². The first kappa shape index (κ1) is 16.5. The summed E-state index contributed by atoms with van der Waals surface area (Å²) in [6.45, 7) is 3.40. The summed E-state index contributed by atoms with van der Waals surface area (Å²) in [6.07, 6.45) is 1.36. The first-order valence-electron chi connectivity index (χ1n) is 6.40. The molecule has 114 valence electrons. The zero-order valence-electron chi connectivity index (χ0n) is 11.6. The van der Waals surface area contributed by atoms with Crippen molar-refractivity contribution in [2.45, 2.75) is 5.60 Å². The molecule has 0 aliphatic rings. The molecule has 0 unspecified atom stereocenters. The SMILES string of the molecule is C=N/C=C(\NN)C(O)(c1ccc(Cl)cc1)c1ccc(Cl)cc1. The summed E-state index contributed by atoms with van der Waals surface area (Å²) < 4.78 is 0. The number of aliphatic hydroxyl groups is 1. The number of nitrogens with one attached hydrogen (secondary N) is 1. The minimum absolute atomic E-state index is 0.271. The summed E-state index contributed by atoms with van der Waals surface area (Å²) in [5.74, 6) is 5.56. The van der Waals surface area contributed by atoms with Crippen LogP contribution in [0.5, 0.6) is 0 Å². The quantitative estimate of drug-likeness (QED) is 0.446. The molecule has 2 aromatic carbocycles. The summed E-state index contributed by atoms with van der Waals surface area (Å²) in [5.41, 5.74) is 2.37. The van der Waals surface area contributed by atoms with Crippen molar-refractivity contribution in [2.24, 2.45) is 10.8 Å². The van der Waals surface area contributed by atoms with Crippen LogP contribution in [-0.2, 0) is 5.60 Å². The lowest BCUT2D eigenvalue weighted by Gasteiger charge is -2.31. The van der Waals surface area contributed by atoms with Gasteiger partial charge in [-0.1, -0.05) is 47.5 Å². The standard InChI is InChI=1S/C16H15Cl2N3O/c1-20-10-15(21-19)16(22,11-2-6-13(17)7-3-11)12-4-8-14(18)9-5-12/h2-10,21-22H,1,19H2/b15-10-. The maximum atomic E-state index is 11.3. The Bertz CT molecular complexity index is 636. The van der Waals surface area contributed by atoms with Crippen LogP contribution in [0.4, 0.5) is 0 Å². The van der Waals surface area contributed by atoms with Crippen molar-refractivity contribution in [1.82, 2.24) is 5.43 Å². The molecule has 2 rings (SSSR count). The van der Waals surface area contributed by atoms with Gasteiger partial charge in [0, 0.05) is 10.0 Å². The molecule has 0 radical (unpaired) electrons. The zero-order chi connectivity index (χ0) is 16.2. The first-order valence-corrected chi connectivity index (χ1v) is 7.15. The minimum atomic E-state index is -1.54. The Morgan fingerprint density at radius 1 is 1.05 bits per heavy atom. The van der Waals surface area contributed by atoms with E-state index in [0.29, 0.717) is 21.2 Å². The monoisotopic (exact) mass is 335 g/mol. The highest BCUT2D eigenvalue weighted by atomic mass is 35.5. The smallest absolute Gasteiger partial charge is 0.157 e. The van der Waals surface area contributed by atoms with E-state index in [-0.39, 0.29) is 5.70 Å². The highest BCUT2D eigenvalue weighted by Gasteiger charge is 2.36. The van der Waals surface area contributed by atoms with Crippen LogP contribution in [-0.4, -0.2) is 11.8 Å². The molecule has 0 bridgehead atoms. The molecule has 0 saturated carbocycles. The molecule has 4 nitrogen and oxygen atoms in total. The van der Waals surface area contributed by atoms with Crippen LogP contribution in [0.3, 0.4) is 0 Å². The fraction of sp³-hybridized carbons (Fsp3) is 0.0625. The average Bonchev–Trinajstić information content (AvgIpc) is 2.53. The third-order valence-electron chi connectivity index (χ3n) is 3.29. The van der Waals surface area contributed by atoms with Crippen molar-refractivity contribution < 1.29 is 5.11 Å². The molecule has 0 heterocycles. The maximum absolute atomic E-state index is 11.3. The second-order valence-electron chi connectivity index (χ2n) is 4.59. The van der Waals surface area contributed by atoms with Crippen LogP contribution in [0.25, 0.3) is 0 Å². The Hall–Kier alpha value is -1.85. The van der Waals surface area contributed by atoms with Crippen LogP contribution < -0.4 is 11.3 Å². The van der Waals surface area contributed by atoms with E-state index in [1.165, 1.54) is 6.20 Å². The van der Waals surface area contributed by atoms with Gasteiger partial charge in [0.15, 0.2) is 5.60 Å². The van der Waals surface area contributed by atoms with Gasteiger partial charge >= 0.3 is 0 Å². The van der Waals surface area contributed by atoms with E-state index < -0.39 is 5.60 Å². The number of hydrogen-bond acceptors (Lipinski definition) is 4. The van der Waals surface area contributed by atoms with Gasteiger partial charge < -0.3 is 10.5 Å². The molecule has 4 N–H and O–H groups in total. The van der Waals surface area contributed by atoms with Gasteiger partial charge in [-0.05, 0) is 42.1 Å². The van der Waals surface area contributed by atoms with E-state index in [0.717, 1.165) is 0 Å². The summed E-state index contributed by atoms with van der Waals surface area (Å²) >= 11 is 11.8. The second kappa shape index (κ2) is 6.94. The Morgan fingerprint density at radius 2 is 1.45 bits per heavy atom. The molecule has 0 fully saturated rings. The zero-order valence-corrected chi connectivity index (χ0v) is 13.1. The number of hydrazine groups is 1.